The lowest BCUT2D eigenvalue weighted by atomic mass is 9.99. The Morgan fingerprint density at radius 3 is 2.67 bits per heavy atom. The highest BCUT2D eigenvalue weighted by atomic mass is 15.2. The van der Waals surface area contributed by atoms with Crippen molar-refractivity contribution in [2.45, 2.75) is 51.1 Å². The largest absolute Gasteiger partial charge is 0.329 e. The summed E-state index contributed by atoms with van der Waals surface area (Å²) in [6.45, 7) is 5.19. The molecule has 0 aromatic heterocycles. The van der Waals surface area contributed by atoms with Crippen LogP contribution >= 0.6 is 0 Å². The minimum Gasteiger partial charge on any atom is -0.329 e. The van der Waals surface area contributed by atoms with Gasteiger partial charge in [0, 0.05) is 18.6 Å². The summed E-state index contributed by atoms with van der Waals surface area (Å²) < 4.78 is 0. The van der Waals surface area contributed by atoms with E-state index in [4.69, 9.17) is 5.73 Å². The molecule has 0 radical (unpaired) electrons. The summed E-state index contributed by atoms with van der Waals surface area (Å²) in [5.41, 5.74) is 8.88. The van der Waals surface area contributed by atoms with E-state index in [0.717, 1.165) is 12.3 Å². The SMILES string of the molecule is CCC(C)N(C)C(CN)c1cccc(C2CC2)c1. The quantitative estimate of drug-likeness (QED) is 0.834. The van der Waals surface area contributed by atoms with Crippen LogP contribution < -0.4 is 5.73 Å². The van der Waals surface area contributed by atoms with E-state index in [1.54, 1.807) is 0 Å². The van der Waals surface area contributed by atoms with Crippen LogP contribution in [0.15, 0.2) is 24.3 Å². The van der Waals surface area contributed by atoms with Crippen molar-refractivity contribution in [1.82, 2.24) is 4.90 Å². The maximum Gasteiger partial charge on any atom is 0.0470 e. The third-order valence-electron chi connectivity index (χ3n) is 4.35. The first-order valence-corrected chi connectivity index (χ1v) is 7.19. The molecule has 2 atom stereocenters. The van der Waals surface area contributed by atoms with Gasteiger partial charge in [0.25, 0.3) is 0 Å². The van der Waals surface area contributed by atoms with Crippen LogP contribution in [0, 0.1) is 0 Å². The predicted octanol–water partition coefficient (Wildman–Crippen LogP) is 3.29. The van der Waals surface area contributed by atoms with Crippen molar-refractivity contribution in [3.05, 3.63) is 35.4 Å². The highest BCUT2D eigenvalue weighted by Crippen LogP contribution is 2.40. The van der Waals surface area contributed by atoms with Crippen molar-refractivity contribution in [1.29, 1.82) is 0 Å². The molecule has 1 aromatic rings. The van der Waals surface area contributed by atoms with E-state index < -0.39 is 0 Å². The average molecular weight is 246 g/mol. The smallest absolute Gasteiger partial charge is 0.0470 e. The van der Waals surface area contributed by atoms with Crippen LogP contribution in [0.2, 0.25) is 0 Å². The molecule has 1 aromatic carbocycles. The molecule has 2 rings (SSSR count). The van der Waals surface area contributed by atoms with Crippen LogP contribution in [0.25, 0.3) is 0 Å². The normalized spacial score (nSPS) is 18.9. The summed E-state index contributed by atoms with van der Waals surface area (Å²) in [6.07, 6.45) is 3.88. The highest BCUT2D eigenvalue weighted by Gasteiger charge is 2.25. The molecule has 0 saturated heterocycles. The van der Waals surface area contributed by atoms with E-state index >= 15 is 0 Å². The van der Waals surface area contributed by atoms with E-state index in [1.807, 2.05) is 0 Å². The summed E-state index contributed by atoms with van der Waals surface area (Å²) in [5.74, 6) is 0.817. The number of nitrogens with zero attached hydrogens (tertiary/aromatic N) is 1. The van der Waals surface area contributed by atoms with Crippen molar-refractivity contribution in [2.75, 3.05) is 13.6 Å². The highest BCUT2D eigenvalue weighted by molar-refractivity contribution is 5.31. The third kappa shape index (κ3) is 2.93. The second-order valence-electron chi connectivity index (χ2n) is 5.62. The van der Waals surface area contributed by atoms with Gasteiger partial charge in [0.1, 0.15) is 0 Å². The fraction of sp³-hybridized carbons (Fsp3) is 0.625. The van der Waals surface area contributed by atoms with E-state index in [0.29, 0.717) is 18.6 Å². The van der Waals surface area contributed by atoms with Gasteiger partial charge in [0.15, 0.2) is 0 Å². The number of hydrogen-bond acceptors (Lipinski definition) is 2. The fourth-order valence-corrected chi connectivity index (χ4v) is 2.57. The minimum atomic E-state index is 0.346. The lowest BCUT2D eigenvalue weighted by molar-refractivity contribution is 0.184. The molecule has 0 spiro atoms. The topological polar surface area (TPSA) is 29.3 Å². The third-order valence-corrected chi connectivity index (χ3v) is 4.35. The van der Waals surface area contributed by atoms with Gasteiger partial charge in [-0.2, -0.15) is 0 Å². The molecule has 2 unspecified atom stereocenters. The fourth-order valence-electron chi connectivity index (χ4n) is 2.57. The van der Waals surface area contributed by atoms with Crippen molar-refractivity contribution in [3.63, 3.8) is 0 Å². The van der Waals surface area contributed by atoms with Gasteiger partial charge in [-0.25, -0.2) is 0 Å². The van der Waals surface area contributed by atoms with Crippen molar-refractivity contribution < 1.29 is 0 Å². The molecule has 2 N–H and O–H groups in total. The number of hydrogen-bond donors (Lipinski definition) is 1. The van der Waals surface area contributed by atoms with Gasteiger partial charge in [-0.05, 0) is 50.3 Å². The van der Waals surface area contributed by atoms with E-state index in [2.05, 4.69) is 50.1 Å². The average Bonchev–Trinajstić information content (AvgIpc) is 3.23. The van der Waals surface area contributed by atoms with Gasteiger partial charge in [-0.1, -0.05) is 31.2 Å². The minimum absolute atomic E-state index is 0.346. The molecule has 1 aliphatic rings. The number of likely N-dealkylation sites (N-methyl/N-ethyl adjacent to an activating group) is 1. The van der Waals surface area contributed by atoms with Gasteiger partial charge in [-0.15, -0.1) is 0 Å². The molecule has 0 bridgehead atoms. The van der Waals surface area contributed by atoms with Gasteiger partial charge < -0.3 is 5.73 Å². The first kappa shape index (κ1) is 13.6. The molecule has 0 amide bonds. The maximum atomic E-state index is 6.00. The van der Waals surface area contributed by atoms with E-state index in [1.165, 1.54) is 24.0 Å². The second kappa shape index (κ2) is 5.85. The Morgan fingerprint density at radius 1 is 1.39 bits per heavy atom. The van der Waals surface area contributed by atoms with Gasteiger partial charge in [-0.3, -0.25) is 4.90 Å². The maximum absolute atomic E-state index is 6.00. The second-order valence-corrected chi connectivity index (χ2v) is 5.62. The summed E-state index contributed by atoms with van der Waals surface area (Å²) in [4.78, 5) is 2.41. The van der Waals surface area contributed by atoms with E-state index in [9.17, 15) is 0 Å². The summed E-state index contributed by atoms with van der Waals surface area (Å²) in [6, 6.07) is 9.96. The van der Waals surface area contributed by atoms with Crippen LogP contribution in [0.5, 0.6) is 0 Å². The summed E-state index contributed by atoms with van der Waals surface area (Å²) in [7, 11) is 2.19. The van der Waals surface area contributed by atoms with Crippen LogP contribution in [0.3, 0.4) is 0 Å². The van der Waals surface area contributed by atoms with Crippen molar-refractivity contribution in [3.8, 4) is 0 Å². The Morgan fingerprint density at radius 2 is 2.11 bits per heavy atom. The Balaban J connectivity index is 2.18. The molecular weight excluding hydrogens is 220 g/mol. The molecular formula is C16H26N2. The number of benzene rings is 1. The molecule has 18 heavy (non-hydrogen) atoms. The summed E-state index contributed by atoms with van der Waals surface area (Å²) >= 11 is 0. The standard InChI is InChI=1S/C16H26N2/c1-4-12(2)18(3)16(11-17)15-7-5-6-14(10-15)13-8-9-13/h5-7,10,12-13,16H,4,8-9,11,17H2,1-3H3. The molecule has 2 heteroatoms. The van der Waals surface area contributed by atoms with Crippen LogP contribution in [-0.4, -0.2) is 24.5 Å². The molecule has 0 heterocycles. The molecule has 1 saturated carbocycles. The van der Waals surface area contributed by atoms with Gasteiger partial charge in [0.05, 0.1) is 0 Å². The summed E-state index contributed by atoms with van der Waals surface area (Å²) in [5, 5.41) is 0. The zero-order chi connectivity index (χ0) is 13.1. The first-order valence-electron chi connectivity index (χ1n) is 7.19. The monoisotopic (exact) mass is 246 g/mol. The van der Waals surface area contributed by atoms with Crippen LogP contribution in [-0.2, 0) is 0 Å². The van der Waals surface area contributed by atoms with Crippen molar-refractivity contribution >= 4 is 0 Å². The zero-order valence-corrected chi connectivity index (χ0v) is 11.9. The Kier molecular flexibility index (Phi) is 4.41. The van der Waals surface area contributed by atoms with E-state index in [-0.39, 0.29) is 0 Å². The first-order chi connectivity index (χ1) is 8.67. The predicted molar refractivity (Wildman–Crippen MR) is 77.7 cm³/mol. The van der Waals surface area contributed by atoms with Crippen LogP contribution in [0.4, 0.5) is 0 Å². The van der Waals surface area contributed by atoms with Gasteiger partial charge >= 0.3 is 0 Å². The Hall–Kier alpha value is -0.860. The Bertz CT molecular complexity index is 384. The number of rotatable bonds is 6. The van der Waals surface area contributed by atoms with Gasteiger partial charge in [0.2, 0.25) is 0 Å². The lowest BCUT2D eigenvalue weighted by Gasteiger charge is -2.32. The van der Waals surface area contributed by atoms with Crippen LogP contribution in [0.1, 0.15) is 56.2 Å². The molecule has 2 nitrogen and oxygen atoms in total. The lowest BCUT2D eigenvalue weighted by Crippen LogP contribution is -2.36. The molecule has 1 aliphatic carbocycles. The Labute approximate surface area is 111 Å². The van der Waals surface area contributed by atoms with Crippen molar-refractivity contribution in [2.24, 2.45) is 5.73 Å². The zero-order valence-electron chi connectivity index (χ0n) is 11.9. The molecule has 1 fully saturated rings. The molecule has 0 aliphatic heterocycles. The number of nitrogens with two attached hydrogens (primary N) is 1. The molecule has 100 valence electrons.